The highest BCUT2D eigenvalue weighted by molar-refractivity contribution is 5.80. The fraction of sp³-hybridized carbons (Fsp3) is 0.364. The van der Waals surface area contributed by atoms with Crippen molar-refractivity contribution in [2.45, 2.75) is 19.2 Å². The number of piperazine rings is 1. The number of benzene rings is 2. The molecule has 31 heavy (non-hydrogen) atoms. The molecule has 0 unspecified atom stereocenters. The highest BCUT2D eigenvalue weighted by Crippen LogP contribution is 2.22. The molecule has 0 atom stereocenters. The van der Waals surface area contributed by atoms with Gasteiger partial charge in [0.05, 0.1) is 6.42 Å². The Labute approximate surface area is 178 Å². The van der Waals surface area contributed by atoms with Crippen LogP contribution < -0.4 is 15.0 Å². The number of hydrogen-bond donors (Lipinski definition) is 1. The smallest absolute Gasteiger partial charge is 0.406 e. The molecule has 1 saturated heterocycles. The molecule has 0 bridgehead atoms. The molecule has 9 heteroatoms. The van der Waals surface area contributed by atoms with Gasteiger partial charge in [-0.05, 0) is 29.8 Å². The molecular weight excluding hydrogens is 411 g/mol. The Hall–Kier alpha value is -3.23. The number of halogens is 3. The number of rotatable bonds is 7. The lowest BCUT2D eigenvalue weighted by Gasteiger charge is -2.36. The van der Waals surface area contributed by atoms with Crippen LogP contribution in [0.2, 0.25) is 0 Å². The van der Waals surface area contributed by atoms with Gasteiger partial charge in [0.25, 0.3) is 0 Å². The molecule has 0 aliphatic carbocycles. The van der Waals surface area contributed by atoms with Crippen LogP contribution in [0.4, 0.5) is 18.9 Å². The summed E-state index contributed by atoms with van der Waals surface area (Å²) in [5.41, 5.74) is 1.69. The number of ether oxygens (including phenoxy) is 1. The summed E-state index contributed by atoms with van der Waals surface area (Å²) < 4.78 is 40.3. The molecule has 2 aromatic rings. The first-order valence-electron chi connectivity index (χ1n) is 9.99. The number of hydrogen-bond acceptors (Lipinski definition) is 4. The minimum absolute atomic E-state index is 0.0102. The third-order valence-corrected chi connectivity index (χ3v) is 4.94. The van der Waals surface area contributed by atoms with Gasteiger partial charge in [0.2, 0.25) is 11.8 Å². The quantitative estimate of drug-likeness (QED) is 0.727. The largest absolute Gasteiger partial charge is 0.573 e. The minimum Gasteiger partial charge on any atom is -0.406 e. The second-order valence-corrected chi connectivity index (χ2v) is 7.17. The molecule has 0 spiro atoms. The molecule has 2 aromatic carbocycles. The van der Waals surface area contributed by atoms with E-state index in [2.05, 4.69) is 15.0 Å². The van der Waals surface area contributed by atoms with E-state index in [4.69, 9.17) is 0 Å². The fourth-order valence-corrected chi connectivity index (χ4v) is 3.38. The number of nitrogens with one attached hydrogen (secondary N) is 1. The van der Waals surface area contributed by atoms with Gasteiger partial charge in [0, 0.05) is 44.8 Å². The highest BCUT2D eigenvalue weighted by atomic mass is 19.4. The summed E-state index contributed by atoms with van der Waals surface area (Å²) in [6, 6.07) is 15.2. The summed E-state index contributed by atoms with van der Waals surface area (Å²) in [4.78, 5) is 28.4. The van der Waals surface area contributed by atoms with E-state index in [9.17, 15) is 22.8 Å². The van der Waals surface area contributed by atoms with Crippen LogP contribution in [0, 0.1) is 0 Å². The minimum atomic E-state index is -4.75. The second kappa shape index (κ2) is 10.2. The van der Waals surface area contributed by atoms with Crippen molar-refractivity contribution in [2.24, 2.45) is 0 Å². The van der Waals surface area contributed by atoms with Crippen molar-refractivity contribution in [1.82, 2.24) is 10.2 Å². The Balaban J connectivity index is 1.35. The van der Waals surface area contributed by atoms with E-state index < -0.39 is 6.36 Å². The van der Waals surface area contributed by atoms with E-state index in [1.165, 1.54) is 12.1 Å². The molecule has 1 fully saturated rings. The van der Waals surface area contributed by atoms with Gasteiger partial charge in [-0.15, -0.1) is 13.2 Å². The van der Waals surface area contributed by atoms with Crippen molar-refractivity contribution < 1.29 is 27.5 Å². The Morgan fingerprint density at radius 1 is 0.935 bits per heavy atom. The van der Waals surface area contributed by atoms with Crippen LogP contribution in [0.1, 0.15) is 12.0 Å². The molecule has 1 heterocycles. The second-order valence-electron chi connectivity index (χ2n) is 7.17. The van der Waals surface area contributed by atoms with E-state index >= 15 is 0 Å². The molecule has 0 aromatic heterocycles. The summed E-state index contributed by atoms with van der Waals surface area (Å²) in [6.07, 6.45) is -4.54. The molecule has 166 valence electrons. The molecule has 1 aliphatic heterocycles. The van der Waals surface area contributed by atoms with E-state index in [-0.39, 0.29) is 37.0 Å². The van der Waals surface area contributed by atoms with Gasteiger partial charge in [0.1, 0.15) is 5.75 Å². The van der Waals surface area contributed by atoms with Crippen LogP contribution in [-0.4, -0.2) is 55.8 Å². The lowest BCUT2D eigenvalue weighted by atomic mass is 10.1. The molecule has 0 saturated carbocycles. The molecule has 2 amide bonds. The van der Waals surface area contributed by atoms with Crippen LogP contribution in [0.15, 0.2) is 54.6 Å². The van der Waals surface area contributed by atoms with Gasteiger partial charge in [-0.3, -0.25) is 9.59 Å². The van der Waals surface area contributed by atoms with Crippen LogP contribution in [0.3, 0.4) is 0 Å². The normalized spacial score (nSPS) is 14.3. The summed E-state index contributed by atoms with van der Waals surface area (Å²) in [5, 5.41) is 2.68. The first kappa shape index (κ1) is 22.5. The molecule has 0 radical (unpaired) electrons. The average molecular weight is 435 g/mol. The number of amides is 2. The van der Waals surface area contributed by atoms with E-state index in [1.54, 1.807) is 4.90 Å². The van der Waals surface area contributed by atoms with E-state index in [1.807, 2.05) is 30.3 Å². The first-order chi connectivity index (χ1) is 14.8. The van der Waals surface area contributed by atoms with Crippen LogP contribution >= 0.6 is 0 Å². The Kier molecular flexibility index (Phi) is 7.38. The van der Waals surface area contributed by atoms with Crippen molar-refractivity contribution in [3.63, 3.8) is 0 Å². The lowest BCUT2D eigenvalue weighted by molar-refractivity contribution is -0.274. The van der Waals surface area contributed by atoms with Gasteiger partial charge >= 0.3 is 6.36 Å². The maximum Gasteiger partial charge on any atom is 0.573 e. The van der Waals surface area contributed by atoms with Crippen LogP contribution in [0.5, 0.6) is 5.75 Å². The summed E-state index contributed by atoms with van der Waals surface area (Å²) in [7, 11) is 0. The topological polar surface area (TPSA) is 61.9 Å². The van der Waals surface area contributed by atoms with Gasteiger partial charge in [-0.1, -0.05) is 30.3 Å². The maximum absolute atomic E-state index is 12.4. The SMILES string of the molecule is O=C(Cc1ccc(OC(F)(F)F)cc1)NCCC(=O)N1CCN(c2ccccc2)CC1. The van der Waals surface area contributed by atoms with Gasteiger partial charge < -0.3 is 19.9 Å². The Bertz CT molecular complexity index is 865. The third kappa shape index (κ3) is 7.20. The first-order valence-corrected chi connectivity index (χ1v) is 9.99. The average Bonchev–Trinajstić information content (AvgIpc) is 2.75. The molecule has 6 nitrogen and oxygen atoms in total. The van der Waals surface area contributed by atoms with Gasteiger partial charge in [-0.25, -0.2) is 0 Å². The molecule has 1 N–H and O–H groups in total. The zero-order valence-electron chi connectivity index (χ0n) is 16.9. The van der Waals surface area contributed by atoms with Crippen LogP contribution in [0.25, 0.3) is 0 Å². The lowest BCUT2D eigenvalue weighted by Crippen LogP contribution is -2.49. The van der Waals surface area contributed by atoms with Crippen molar-refractivity contribution in [1.29, 1.82) is 0 Å². The zero-order chi connectivity index (χ0) is 22.3. The monoisotopic (exact) mass is 435 g/mol. The standard InChI is InChI=1S/C22H24F3N3O3/c23-22(24,25)31-19-8-6-17(7-9-19)16-20(29)26-11-10-21(30)28-14-12-27(13-15-28)18-4-2-1-3-5-18/h1-9H,10-16H2,(H,26,29). The van der Waals surface area contributed by atoms with Crippen molar-refractivity contribution in [3.8, 4) is 5.75 Å². The Morgan fingerprint density at radius 2 is 1.58 bits per heavy atom. The number of carbonyl (C=O) groups excluding carboxylic acids is 2. The van der Waals surface area contributed by atoms with Crippen LogP contribution in [-0.2, 0) is 16.0 Å². The fourth-order valence-electron chi connectivity index (χ4n) is 3.38. The van der Waals surface area contributed by atoms with Crippen molar-refractivity contribution in [2.75, 3.05) is 37.6 Å². The predicted molar refractivity (Wildman–Crippen MR) is 110 cm³/mol. The molecule has 3 rings (SSSR count). The Morgan fingerprint density at radius 3 is 2.19 bits per heavy atom. The van der Waals surface area contributed by atoms with E-state index in [0.29, 0.717) is 18.7 Å². The van der Waals surface area contributed by atoms with E-state index in [0.717, 1.165) is 30.9 Å². The number of carbonyl (C=O) groups is 2. The summed E-state index contributed by atoms with van der Waals surface area (Å²) in [5.74, 6) is -0.650. The van der Waals surface area contributed by atoms with Crippen molar-refractivity contribution >= 4 is 17.5 Å². The molecule has 1 aliphatic rings. The van der Waals surface area contributed by atoms with Gasteiger partial charge in [0.15, 0.2) is 0 Å². The molecular formula is C22H24F3N3O3. The zero-order valence-corrected chi connectivity index (χ0v) is 16.9. The highest BCUT2D eigenvalue weighted by Gasteiger charge is 2.31. The summed E-state index contributed by atoms with van der Waals surface area (Å²) >= 11 is 0. The predicted octanol–water partition coefficient (Wildman–Crippen LogP) is 2.98. The number of para-hydroxylation sites is 1. The number of nitrogens with zero attached hydrogens (tertiary/aromatic N) is 2. The third-order valence-electron chi connectivity index (χ3n) is 4.94. The summed E-state index contributed by atoms with van der Waals surface area (Å²) in [6.45, 7) is 3.00. The van der Waals surface area contributed by atoms with Crippen molar-refractivity contribution in [3.05, 3.63) is 60.2 Å². The van der Waals surface area contributed by atoms with Gasteiger partial charge in [-0.2, -0.15) is 0 Å². The number of alkyl halides is 3. The number of anilines is 1. The maximum atomic E-state index is 12.4.